The second-order valence-corrected chi connectivity index (χ2v) is 5.86. The van der Waals surface area contributed by atoms with Crippen molar-refractivity contribution in [3.8, 4) is 0 Å². The standard InChI is InChI=1S/C18H21N3O2/c22-17-15(9-6-10-19-17)18(23)20-16(13-21-11-4-5-12-21)14-7-2-1-3-8-14/h1-3,6-10,16H,4-5,11-13H2,(H,19,22)(H,20,23)/t16-/m0/s1. The highest BCUT2D eigenvalue weighted by Gasteiger charge is 2.22. The van der Waals surface area contributed by atoms with Crippen molar-refractivity contribution < 1.29 is 4.79 Å². The van der Waals surface area contributed by atoms with E-state index in [1.54, 1.807) is 12.1 Å². The van der Waals surface area contributed by atoms with Gasteiger partial charge in [0.15, 0.2) is 0 Å². The van der Waals surface area contributed by atoms with Crippen molar-refractivity contribution in [2.75, 3.05) is 19.6 Å². The van der Waals surface area contributed by atoms with Crippen LogP contribution in [0.1, 0.15) is 34.8 Å². The van der Waals surface area contributed by atoms with E-state index in [0.717, 1.165) is 25.2 Å². The number of benzene rings is 1. The Balaban J connectivity index is 1.79. The van der Waals surface area contributed by atoms with Crippen molar-refractivity contribution in [1.82, 2.24) is 15.2 Å². The van der Waals surface area contributed by atoms with Gasteiger partial charge in [-0.1, -0.05) is 30.3 Å². The Kier molecular flexibility index (Phi) is 4.88. The normalized spacial score (nSPS) is 16.2. The molecule has 2 aromatic rings. The van der Waals surface area contributed by atoms with Gasteiger partial charge >= 0.3 is 0 Å². The third-order valence-electron chi connectivity index (χ3n) is 4.21. The Morgan fingerprint density at radius 3 is 2.57 bits per heavy atom. The smallest absolute Gasteiger partial charge is 0.260 e. The molecule has 1 saturated heterocycles. The van der Waals surface area contributed by atoms with Crippen LogP contribution in [-0.2, 0) is 0 Å². The van der Waals surface area contributed by atoms with Gasteiger partial charge in [0.1, 0.15) is 5.56 Å². The summed E-state index contributed by atoms with van der Waals surface area (Å²) in [5.74, 6) is -0.333. The molecule has 1 fully saturated rings. The van der Waals surface area contributed by atoms with E-state index in [4.69, 9.17) is 0 Å². The van der Waals surface area contributed by atoms with Crippen molar-refractivity contribution in [3.05, 3.63) is 70.1 Å². The van der Waals surface area contributed by atoms with Gasteiger partial charge in [0.2, 0.25) is 0 Å². The van der Waals surface area contributed by atoms with Crippen LogP contribution in [0.5, 0.6) is 0 Å². The van der Waals surface area contributed by atoms with E-state index in [0.29, 0.717) is 0 Å². The molecule has 2 heterocycles. The maximum atomic E-state index is 12.5. The van der Waals surface area contributed by atoms with Crippen molar-refractivity contribution in [1.29, 1.82) is 0 Å². The van der Waals surface area contributed by atoms with Gasteiger partial charge in [-0.3, -0.25) is 9.59 Å². The summed E-state index contributed by atoms with van der Waals surface area (Å²) in [6.45, 7) is 2.89. The maximum Gasteiger partial charge on any atom is 0.260 e. The van der Waals surface area contributed by atoms with Gasteiger partial charge in [0.25, 0.3) is 11.5 Å². The number of hydrogen-bond donors (Lipinski definition) is 2. The SMILES string of the molecule is O=C(N[C@@H](CN1CCCC1)c1ccccc1)c1ccc[nH]c1=O. The van der Waals surface area contributed by atoms with E-state index in [1.807, 2.05) is 30.3 Å². The monoisotopic (exact) mass is 311 g/mol. The van der Waals surface area contributed by atoms with E-state index in [9.17, 15) is 9.59 Å². The molecule has 3 rings (SSSR count). The number of aromatic nitrogens is 1. The molecule has 1 aromatic carbocycles. The molecular formula is C18H21N3O2. The molecule has 0 saturated carbocycles. The van der Waals surface area contributed by atoms with Crippen LogP contribution in [0.4, 0.5) is 0 Å². The molecule has 0 spiro atoms. The number of rotatable bonds is 5. The highest BCUT2D eigenvalue weighted by molar-refractivity contribution is 5.94. The Morgan fingerprint density at radius 2 is 1.87 bits per heavy atom. The van der Waals surface area contributed by atoms with Gasteiger partial charge in [0.05, 0.1) is 6.04 Å². The second-order valence-electron chi connectivity index (χ2n) is 5.86. The van der Waals surface area contributed by atoms with Crippen LogP contribution in [-0.4, -0.2) is 35.4 Å². The van der Waals surface area contributed by atoms with Gasteiger partial charge in [-0.05, 0) is 43.6 Å². The highest BCUT2D eigenvalue weighted by Crippen LogP contribution is 2.18. The summed E-state index contributed by atoms with van der Waals surface area (Å²) in [4.78, 5) is 29.2. The molecule has 0 unspecified atom stereocenters. The topological polar surface area (TPSA) is 65.2 Å². The lowest BCUT2D eigenvalue weighted by Gasteiger charge is -2.24. The third-order valence-corrected chi connectivity index (χ3v) is 4.21. The molecule has 1 atom stereocenters. The van der Waals surface area contributed by atoms with Crippen LogP contribution >= 0.6 is 0 Å². The maximum absolute atomic E-state index is 12.5. The predicted molar refractivity (Wildman–Crippen MR) is 89.4 cm³/mol. The number of nitrogens with zero attached hydrogens (tertiary/aromatic N) is 1. The lowest BCUT2D eigenvalue weighted by atomic mass is 10.1. The second kappa shape index (κ2) is 7.24. The molecule has 1 aliphatic rings. The van der Waals surface area contributed by atoms with Crippen molar-refractivity contribution in [2.45, 2.75) is 18.9 Å². The first-order valence-electron chi connectivity index (χ1n) is 8.00. The zero-order valence-electron chi connectivity index (χ0n) is 13.0. The summed E-state index contributed by atoms with van der Waals surface area (Å²) in [6, 6.07) is 13.0. The Labute approximate surface area is 135 Å². The molecule has 1 amide bonds. The number of carbonyl (C=O) groups excluding carboxylic acids is 1. The van der Waals surface area contributed by atoms with Crippen LogP contribution in [0, 0.1) is 0 Å². The Morgan fingerprint density at radius 1 is 1.13 bits per heavy atom. The summed E-state index contributed by atoms with van der Waals surface area (Å²) < 4.78 is 0. The molecule has 0 aliphatic carbocycles. The Bertz CT molecular complexity index is 705. The molecule has 5 nitrogen and oxygen atoms in total. The number of H-pyrrole nitrogens is 1. The summed E-state index contributed by atoms with van der Waals surface area (Å²) in [5, 5.41) is 3.02. The van der Waals surface area contributed by atoms with Gasteiger partial charge in [0, 0.05) is 12.7 Å². The van der Waals surface area contributed by atoms with E-state index in [-0.39, 0.29) is 23.1 Å². The molecule has 1 aliphatic heterocycles. The zero-order valence-corrected chi connectivity index (χ0v) is 13.0. The molecule has 0 radical (unpaired) electrons. The summed E-state index contributed by atoms with van der Waals surface area (Å²) in [7, 11) is 0. The summed E-state index contributed by atoms with van der Waals surface area (Å²) >= 11 is 0. The lowest BCUT2D eigenvalue weighted by molar-refractivity contribution is 0.0925. The van der Waals surface area contributed by atoms with Crippen molar-refractivity contribution >= 4 is 5.91 Å². The summed E-state index contributed by atoms with van der Waals surface area (Å²) in [6.07, 6.45) is 3.93. The number of likely N-dealkylation sites (tertiary alicyclic amines) is 1. The summed E-state index contributed by atoms with van der Waals surface area (Å²) in [5.41, 5.74) is 0.841. The Hall–Kier alpha value is -2.40. The van der Waals surface area contributed by atoms with Gasteiger partial charge < -0.3 is 15.2 Å². The number of nitrogens with one attached hydrogen (secondary N) is 2. The molecule has 0 bridgehead atoms. The predicted octanol–water partition coefficient (Wildman–Crippen LogP) is 1.94. The van der Waals surface area contributed by atoms with Crippen LogP contribution in [0.2, 0.25) is 0 Å². The molecule has 23 heavy (non-hydrogen) atoms. The largest absolute Gasteiger partial charge is 0.344 e. The fraction of sp³-hybridized carbons (Fsp3) is 0.333. The van der Waals surface area contributed by atoms with Crippen LogP contribution in [0.3, 0.4) is 0 Å². The number of pyridine rings is 1. The first-order valence-corrected chi connectivity index (χ1v) is 8.00. The molecule has 120 valence electrons. The number of aromatic amines is 1. The van der Waals surface area contributed by atoms with Crippen molar-refractivity contribution in [3.63, 3.8) is 0 Å². The minimum absolute atomic E-state index is 0.124. The van der Waals surface area contributed by atoms with E-state index >= 15 is 0 Å². The van der Waals surface area contributed by atoms with E-state index < -0.39 is 0 Å². The van der Waals surface area contributed by atoms with E-state index in [2.05, 4.69) is 15.2 Å². The lowest BCUT2D eigenvalue weighted by Crippen LogP contribution is -2.38. The van der Waals surface area contributed by atoms with Gasteiger partial charge in [-0.2, -0.15) is 0 Å². The average Bonchev–Trinajstić information content (AvgIpc) is 3.08. The van der Waals surface area contributed by atoms with Crippen molar-refractivity contribution in [2.24, 2.45) is 0 Å². The first kappa shape index (κ1) is 15.5. The number of carbonyl (C=O) groups is 1. The zero-order chi connectivity index (χ0) is 16.1. The molecular weight excluding hydrogens is 290 g/mol. The minimum Gasteiger partial charge on any atom is -0.344 e. The first-order chi connectivity index (χ1) is 11.2. The van der Waals surface area contributed by atoms with Gasteiger partial charge in [-0.15, -0.1) is 0 Å². The van der Waals surface area contributed by atoms with Crippen LogP contribution in [0.15, 0.2) is 53.5 Å². The quantitative estimate of drug-likeness (QED) is 0.887. The molecule has 1 aromatic heterocycles. The molecule has 5 heteroatoms. The van der Waals surface area contributed by atoms with Crippen LogP contribution in [0.25, 0.3) is 0 Å². The number of hydrogen-bond acceptors (Lipinski definition) is 3. The fourth-order valence-electron chi connectivity index (χ4n) is 2.98. The highest BCUT2D eigenvalue weighted by atomic mass is 16.2. The number of amides is 1. The van der Waals surface area contributed by atoms with Crippen LogP contribution < -0.4 is 10.9 Å². The van der Waals surface area contributed by atoms with Gasteiger partial charge in [-0.25, -0.2) is 0 Å². The minimum atomic E-state index is -0.363. The third kappa shape index (κ3) is 3.87. The molecule has 2 N–H and O–H groups in total. The van der Waals surface area contributed by atoms with E-state index in [1.165, 1.54) is 19.0 Å². The fourth-order valence-corrected chi connectivity index (χ4v) is 2.98. The average molecular weight is 311 g/mol.